The summed E-state index contributed by atoms with van der Waals surface area (Å²) in [4.78, 5) is 11.8. The number of aromatic nitrogens is 2. The second kappa shape index (κ2) is 5.11. The molecule has 23 heavy (non-hydrogen) atoms. The van der Waals surface area contributed by atoms with Crippen molar-refractivity contribution in [2.75, 3.05) is 6.54 Å². The van der Waals surface area contributed by atoms with Crippen LogP contribution in [0, 0.1) is 0 Å². The van der Waals surface area contributed by atoms with Crippen molar-refractivity contribution in [3.63, 3.8) is 0 Å². The molecule has 2 aliphatic carbocycles. The predicted molar refractivity (Wildman–Crippen MR) is 87.0 cm³/mol. The summed E-state index contributed by atoms with van der Waals surface area (Å²) in [5, 5.41) is 10.7. The summed E-state index contributed by atoms with van der Waals surface area (Å²) in [7, 11) is 0. The topological polar surface area (TPSA) is 49.2 Å². The zero-order chi connectivity index (χ0) is 15.4. The Morgan fingerprint density at radius 3 is 2.83 bits per heavy atom. The van der Waals surface area contributed by atoms with Crippen molar-refractivity contribution in [3.05, 3.63) is 58.7 Å². The number of nitrogens with zero attached hydrogens (tertiary/aromatic N) is 3. The molecule has 0 amide bonds. The van der Waals surface area contributed by atoms with Crippen LogP contribution in [0.3, 0.4) is 0 Å². The van der Waals surface area contributed by atoms with Crippen molar-refractivity contribution in [2.45, 2.75) is 50.3 Å². The Morgan fingerprint density at radius 1 is 1.13 bits per heavy atom. The zero-order valence-electron chi connectivity index (χ0n) is 13.2. The summed E-state index contributed by atoms with van der Waals surface area (Å²) in [6.07, 6.45) is 6.05. The standard InChI is InChI=1S/C19H21N3O/c23-18-15-4-2-1-3-13(15)9-17(18)22-8-7-16-14(11-22)10-20-19(21-16)12-5-6-12/h1-4,10,12,17-18,23H,5-9,11H2. The molecule has 0 radical (unpaired) electrons. The van der Waals surface area contributed by atoms with E-state index in [1.54, 1.807) is 0 Å². The predicted octanol–water partition coefficient (Wildman–Crippen LogP) is 2.37. The molecular weight excluding hydrogens is 286 g/mol. The fourth-order valence-electron chi connectivity index (χ4n) is 4.06. The van der Waals surface area contributed by atoms with Crippen LogP contribution in [0.2, 0.25) is 0 Å². The molecule has 4 heteroatoms. The third-order valence-electron chi connectivity index (χ3n) is 5.56. The van der Waals surface area contributed by atoms with Crippen LogP contribution in [0.15, 0.2) is 30.5 Å². The Bertz CT molecular complexity index is 756. The average molecular weight is 307 g/mol. The molecule has 4 nitrogen and oxygen atoms in total. The fraction of sp³-hybridized carbons (Fsp3) is 0.474. The smallest absolute Gasteiger partial charge is 0.131 e. The van der Waals surface area contributed by atoms with E-state index in [9.17, 15) is 5.11 Å². The normalized spacial score (nSPS) is 26.8. The van der Waals surface area contributed by atoms with Crippen LogP contribution in [-0.4, -0.2) is 32.6 Å². The highest BCUT2D eigenvalue weighted by atomic mass is 16.3. The third-order valence-corrected chi connectivity index (χ3v) is 5.56. The first-order valence-corrected chi connectivity index (χ1v) is 8.64. The second-order valence-corrected chi connectivity index (χ2v) is 7.11. The Labute approximate surface area is 136 Å². The molecule has 0 saturated heterocycles. The van der Waals surface area contributed by atoms with E-state index < -0.39 is 0 Å². The highest BCUT2D eigenvalue weighted by molar-refractivity contribution is 5.36. The van der Waals surface area contributed by atoms with Crippen LogP contribution in [-0.2, 0) is 19.4 Å². The summed E-state index contributed by atoms with van der Waals surface area (Å²) >= 11 is 0. The van der Waals surface area contributed by atoms with Gasteiger partial charge in [-0.25, -0.2) is 9.97 Å². The molecule has 0 spiro atoms. The maximum atomic E-state index is 10.7. The first-order valence-electron chi connectivity index (χ1n) is 8.64. The minimum absolute atomic E-state index is 0.184. The van der Waals surface area contributed by atoms with Gasteiger partial charge in [0.1, 0.15) is 5.82 Å². The SMILES string of the molecule is OC1c2ccccc2CC1N1CCc2nc(C3CC3)ncc2C1. The maximum Gasteiger partial charge on any atom is 0.131 e. The van der Waals surface area contributed by atoms with Gasteiger partial charge in [0.05, 0.1) is 6.10 Å². The molecule has 2 unspecified atom stereocenters. The fourth-order valence-corrected chi connectivity index (χ4v) is 4.06. The van der Waals surface area contributed by atoms with Crippen molar-refractivity contribution in [1.82, 2.24) is 14.9 Å². The van der Waals surface area contributed by atoms with Gasteiger partial charge in [-0.15, -0.1) is 0 Å². The van der Waals surface area contributed by atoms with Crippen molar-refractivity contribution in [1.29, 1.82) is 0 Å². The van der Waals surface area contributed by atoms with Crippen LogP contribution in [0.4, 0.5) is 0 Å². The summed E-state index contributed by atoms with van der Waals surface area (Å²) in [6, 6.07) is 8.46. The maximum absolute atomic E-state index is 10.7. The van der Waals surface area contributed by atoms with E-state index in [4.69, 9.17) is 4.98 Å². The number of fused-ring (bicyclic) bond motifs is 2. The van der Waals surface area contributed by atoms with Crippen molar-refractivity contribution >= 4 is 0 Å². The summed E-state index contributed by atoms with van der Waals surface area (Å²) < 4.78 is 0. The number of rotatable bonds is 2. The van der Waals surface area contributed by atoms with Gasteiger partial charge in [0, 0.05) is 48.9 Å². The third kappa shape index (κ3) is 2.28. The first-order chi connectivity index (χ1) is 11.3. The second-order valence-electron chi connectivity index (χ2n) is 7.11. The largest absolute Gasteiger partial charge is 0.387 e. The number of aliphatic hydroxyl groups is 1. The van der Waals surface area contributed by atoms with Gasteiger partial charge in [0.15, 0.2) is 0 Å². The Hall–Kier alpha value is -1.78. The van der Waals surface area contributed by atoms with Gasteiger partial charge in [-0.05, 0) is 30.4 Å². The highest BCUT2D eigenvalue weighted by Gasteiger charge is 2.36. The van der Waals surface area contributed by atoms with Crippen LogP contribution < -0.4 is 0 Å². The Balaban J connectivity index is 1.38. The first kappa shape index (κ1) is 13.6. The van der Waals surface area contributed by atoms with Gasteiger partial charge in [-0.1, -0.05) is 24.3 Å². The van der Waals surface area contributed by atoms with E-state index >= 15 is 0 Å². The molecule has 5 rings (SSSR count). The zero-order valence-corrected chi connectivity index (χ0v) is 13.2. The van der Waals surface area contributed by atoms with E-state index in [1.165, 1.54) is 29.7 Å². The minimum atomic E-state index is -0.376. The lowest BCUT2D eigenvalue weighted by Gasteiger charge is -2.34. The lowest BCUT2D eigenvalue weighted by molar-refractivity contribution is 0.0520. The van der Waals surface area contributed by atoms with Gasteiger partial charge in [-0.3, -0.25) is 4.90 Å². The van der Waals surface area contributed by atoms with E-state index in [1.807, 2.05) is 12.3 Å². The van der Waals surface area contributed by atoms with E-state index in [0.717, 1.165) is 37.3 Å². The van der Waals surface area contributed by atoms with Gasteiger partial charge in [0.2, 0.25) is 0 Å². The van der Waals surface area contributed by atoms with Gasteiger partial charge < -0.3 is 5.11 Å². The number of hydrogen-bond acceptors (Lipinski definition) is 4. The molecule has 1 aromatic heterocycles. The minimum Gasteiger partial charge on any atom is -0.387 e. The molecule has 1 saturated carbocycles. The average Bonchev–Trinajstić information content (AvgIpc) is 3.39. The molecule has 0 bridgehead atoms. The van der Waals surface area contributed by atoms with Crippen LogP contribution in [0.1, 0.15) is 53.1 Å². The van der Waals surface area contributed by atoms with E-state index in [0.29, 0.717) is 5.92 Å². The monoisotopic (exact) mass is 307 g/mol. The molecule has 2 atom stereocenters. The lowest BCUT2D eigenvalue weighted by Crippen LogP contribution is -2.42. The number of benzene rings is 1. The van der Waals surface area contributed by atoms with Gasteiger partial charge >= 0.3 is 0 Å². The molecule has 1 aliphatic heterocycles. The van der Waals surface area contributed by atoms with E-state index in [2.05, 4.69) is 28.1 Å². The lowest BCUT2D eigenvalue weighted by atomic mass is 10.0. The summed E-state index contributed by atoms with van der Waals surface area (Å²) in [5.41, 5.74) is 4.85. The Morgan fingerprint density at radius 2 is 2.00 bits per heavy atom. The summed E-state index contributed by atoms with van der Waals surface area (Å²) in [5.74, 6) is 1.66. The van der Waals surface area contributed by atoms with Gasteiger partial charge in [0.25, 0.3) is 0 Å². The molecule has 118 valence electrons. The van der Waals surface area contributed by atoms with Crippen LogP contribution >= 0.6 is 0 Å². The molecule has 1 fully saturated rings. The van der Waals surface area contributed by atoms with Crippen molar-refractivity contribution in [2.24, 2.45) is 0 Å². The molecule has 1 aromatic carbocycles. The molecule has 1 N–H and O–H groups in total. The Kier molecular flexibility index (Phi) is 3.03. The molecule has 2 heterocycles. The highest BCUT2D eigenvalue weighted by Crippen LogP contribution is 2.39. The van der Waals surface area contributed by atoms with Crippen LogP contribution in [0.25, 0.3) is 0 Å². The summed E-state index contributed by atoms with van der Waals surface area (Å²) in [6.45, 7) is 1.83. The molecule has 2 aromatic rings. The van der Waals surface area contributed by atoms with Crippen molar-refractivity contribution < 1.29 is 5.11 Å². The molecular formula is C19H21N3O. The van der Waals surface area contributed by atoms with Crippen molar-refractivity contribution in [3.8, 4) is 0 Å². The van der Waals surface area contributed by atoms with E-state index in [-0.39, 0.29) is 12.1 Å². The van der Waals surface area contributed by atoms with Crippen LogP contribution in [0.5, 0.6) is 0 Å². The van der Waals surface area contributed by atoms with Gasteiger partial charge in [-0.2, -0.15) is 0 Å². The molecule has 3 aliphatic rings. The number of hydrogen-bond donors (Lipinski definition) is 1. The number of aliphatic hydroxyl groups excluding tert-OH is 1. The quantitative estimate of drug-likeness (QED) is 0.925.